The number of hydrogen-bond donors (Lipinski definition) is 1. The summed E-state index contributed by atoms with van der Waals surface area (Å²) >= 11 is 0. The van der Waals surface area contributed by atoms with Crippen molar-refractivity contribution >= 4 is 5.69 Å². The molecule has 0 aliphatic heterocycles. The maximum atomic E-state index is 13.3. The molecule has 0 unspecified atom stereocenters. The molecule has 1 N–H and O–H groups in total. The maximum absolute atomic E-state index is 13.3. The highest BCUT2D eigenvalue weighted by Gasteiger charge is 2.07. The van der Waals surface area contributed by atoms with Gasteiger partial charge < -0.3 is 14.8 Å². The van der Waals surface area contributed by atoms with E-state index in [1.807, 2.05) is 19.1 Å². The Kier molecular flexibility index (Phi) is 3.90. The quantitative estimate of drug-likeness (QED) is 0.903. The fraction of sp³-hybridized carbons (Fsp3) is 0.200. The predicted molar refractivity (Wildman–Crippen MR) is 73.8 cm³/mol. The zero-order chi connectivity index (χ0) is 13.8. The van der Waals surface area contributed by atoms with Crippen molar-refractivity contribution < 1.29 is 13.9 Å². The smallest absolute Gasteiger partial charge is 0.153 e. The van der Waals surface area contributed by atoms with Crippen LogP contribution in [0.2, 0.25) is 0 Å². The van der Waals surface area contributed by atoms with E-state index in [0.29, 0.717) is 17.2 Å². The van der Waals surface area contributed by atoms with Crippen molar-refractivity contribution in [1.82, 2.24) is 0 Å². The van der Waals surface area contributed by atoms with Gasteiger partial charge in [0, 0.05) is 19.2 Å². The molecule has 100 valence electrons. The Labute approximate surface area is 112 Å². The van der Waals surface area contributed by atoms with E-state index in [-0.39, 0.29) is 5.82 Å². The first kappa shape index (κ1) is 13.2. The minimum atomic E-state index is -0.339. The summed E-state index contributed by atoms with van der Waals surface area (Å²) in [5.74, 6) is 1.42. The fourth-order valence-electron chi connectivity index (χ4n) is 1.80. The molecule has 0 bridgehead atoms. The van der Waals surface area contributed by atoms with E-state index in [9.17, 15) is 4.39 Å². The highest BCUT2D eigenvalue weighted by atomic mass is 19.1. The molecule has 0 aliphatic carbocycles. The first-order valence-electron chi connectivity index (χ1n) is 5.93. The Morgan fingerprint density at radius 3 is 2.47 bits per heavy atom. The van der Waals surface area contributed by atoms with Crippen LogP contribution < -0.4 is 14.8 Å². The van der Waals surface area contributed by atoms with Gasteiger partial charge in [0.2, 0.25) is 0 Å². The number of rotatable bonds is 4. The summed E-state index contributed by atoms with van der Waals surface area (Å²) < 4.78 is 24.2. The summed E-state index contributed by atoms with van der Waals surface area (Å²) in [6.07, 6.45) is 0. The summed E-state index contributed by atoms with van der Waals surface area (Å²) in [6, 6.07) is 9.90. The molecule has 2 aromatic carbocycles. The van der Waals surface area contributed by atoms with Crippen molar-refractivity contribution in [3.05, 3.63) is 47.8 Å². The van der Waals surface area contributed by atoms with Gasteiger partial charge in [0.15, 0.2) is 5.75 Å². The topological polar surface area (TPSA) is 30.5 Å². The highest BCUT2D eigenvalue weighted by molar-refractivity contribution is 5.57. The molecule has 0 amide bonds. The van der Waals surface area contributed by atoms with Gasteiger partial charge in [-0.15, -0.1) is 0 Å². The molecule has 0 atom stereocenters. The third kappa shape index (κ3) is 3.16. The first-order valence-corrected chi connectivity index (χ1v) is 5.93. The number of anilines is 1. The lowest BCUT2D eigenvalue weighted by atomic mass is 10.2. The number of hydrogen-bond acceptors (Lipinski definition) is 3. The number of aryl methyl sites for hydroxylation is 1. The highest BCUT2D eigenvalue weighted by Crippen LogP contribution is 2.32. The zero-order valence-corrected chi connectivity index (χ0v) is 11.2. The average molecular weight is 261 g/mol. The minimum absolute atomic E-state index is 0.339. The van der Waals surface area contributed by atoms with Crippen LogP contribution in [0.25, 0.3) is 0 Å². The second-order valence-electron chi connectivity index (χ2n) is 4.18. The minimum Gasteiger partial charge on any atom is -0.497 e. The normalized spacial score (nSPS) is 10.1. The van der Waals surface area contributed by atoms with E-state index in [1.54, 1.807) is 26.3 Å². The number of halogens is 1. The van der Waals surface area contributed by atoms with Gasteiger partial charge in [-0.3, -0.25) is 0 Å². The van der Waals surface area contributed by atoms with Crippen molar-refractivity contribution in [3.8, 4) is 17.2 Å². The lowest BCUT2D eigenvalue weighted by molar-refractivity contribution is 0.408. The molecule has 0 saturated heterocycles. The van der Waals surface area contributed by atoms with Crippen LogP contribution in [0.3, 0.4) is 0 Å². The molecule has 0 heterocycles. The Balaban J connectivity index is 2.35. The second-order valence-corrected chi connectivity index (χ2v) is 4.18. The largest absolute Gasteiger partial charge is 0.497 e. The van der Waals surface area contributed by atoms with Crippen molar-refractivity contribution in [2.45, 2.75) is 6.92 Å². The molecule has 0 radical (unpaired) electrons. The third-order valence-corrected chi connectivity index (χ3v) is 2.70. The van der Waals surface area contributed by atoms with Gasteiger partial charge in [0.25, 0.3) is 0 Å². The molecule has 0 aromatic heterocycles. The lowest BCUT2D eigenvalue weighted by Crippen LogP contribution is -1.95. The van der Waals surface area contributed by atoms with Crippen LogP contribution in [-0.4, -0.2) is 14.2 Å². The van der Waals surface area contributed by atoms with Gasteiger partial charge in [-0.1, -0.05) is 0 Å². The molecule has 0 fully saturated rings. The van der Waals surface area contributed by atoms with Gasteiger partial charge >= 0.3 is 0 Å². The van der Waals surface area contributed by atoms with Gasteiger partial charge in [-0.25, -0.2) is 4.39 Å². The Morgan fingerprint density at radius 2 is 1.79 bits per heavy atom. The zero-order valence-electron chi connectivity index (χ0n) is 11.2. The number of ether oxygens (including phenoxy) is 2. The van der Waals surface area contributed by atoms with Crippen LogP contribution in [0.4, 0.5) is 10.1 Å². The maximum Gasteiger partial charge on any atom is 0.153 e. The van der Waals surface area contributed by atoms with Gasteiger partial charge in [0.1, 0.15) is 17.3 Å². The van der Waals surface area contributed by atoms with Crippen LogP contribution in [0.5, 0.6) is 17.2 Å². The van der Waals surface area contributed by atoms with E-state index in [1.165, 1.54) is 12.1 Å². The molecule has 0 saturated carbocycles. The molecule has 19 heavy (non-hydrogen) atoms. The van der Waals surface area contributed by atoms with Crippen LogP contribution in [-0.2, 0) is 0 Å². The van der Waals surface area contributed by atoms with E-state index in [4.69, 9.17) is 9.47 Å². The second kappa shape index (κ2) is 5.61. The molecule has 3 nitrogen and oxygen atoms in total. The molecule has 2 rings (SSSR count). The molecule has 2 aromatic rings. The Bertz CT molecular complexity index is 584. The van der Waals surface area contributed by atoms with E-state index in [0.717, 1.165) is 11.3 Å². The standard InChI is InChI=1S/C15H16FNO2/c1-10-6-12(18-3)9-13(7-10)19-15-8-11(16)4-5-14(15)17-2/h4-9,17H,1-3H3. The lowest BCUT2D eigenvalue weighted by Gasteiger charge is -2.12. The van der Waals surface area contributed by atoms with Crippen molar-refractivity contribution in [3.63, 3.8) is 0 Å². The summed E-state index contributed by atoms with van der Waals surface area (Å²) in [4.78, 5) is 0. The SMILES string of the molecule is CNc1ccc(F)cc1Oc1cc(C)cc(OC)c1. The van der Waals surface area contributed by atoms with Crippen molar-refractivity contribution in [2.24, 2.45) is 0 Å². The monoisotopic (exact) mass is 261 g/mol. The van der Waals surface area contributed by atoms with Gasteiger partial charge in [-0.05, 0) is 36.8 Å². The number of benzene rings is 2. The van der Waals surface area contributed by atoms with E-state index in [2.05, 4.69) is 5.32 Å². The summed E-state index contributed by atoms with van der Waals surface area (Å²) in [5, 5.41) is 2.96. The third-order valence-electron chi connectivity index (χ3n) is 2.70. The summed E-state index contributed by atoms with van der Waals surface area (Å²) in [5.41, 5.74) is 1.73. The van der Waals surface area contributed by atoms with Crippen LogP contribution in [0.15, 0.2) is 36.4 Å². The first-order chi connectivity index (χ1) is 9.12. The van der Waals surface area contributed by atoms with Crippen molar-refractivity contribution in [2.75, 3.05) is 19.5 Å². The average Bonchev–Trinajstić information content (AvgIpc) is 2.38. The summed E-state index contributed by atoms with van der Waals surface area (Å²) in [6.45, 7) is 1.94. The molecule has 0 aliphatic rings. The predicted octanol–water partition coefficient (Wildman–Crippen LogP) is 3.98. The fourth-order valence-corrected chi connectivity index (χ4v) is 1.80. The Morgan fingerprint density at radius 1 is 1.05 bits per heavy atom. The van der Waals surface area contributed by atoms with Gasteiger partial charge in [0.05, 0.1) is 12.8 Å². The van der Waals surface area contributed by atoms with Gasteiger partial charge in [-0.2, -0.15) is 0 Å². The molecule has 4 heteroatoms. The van der Waals surface area contributed by atoms with E-state index < -0.39 is 0 Å². The number of nitrogens with one attached hydrogen (secondary N) is 1. The Hall–Kier alpha value is -2.23. The molecular formula is C15H16FNO2. The van der Waals surface area contributed by atoms with E-state index >= 15 is 0 Å². The van der Waals surface area contributed by atoms with Crippen LogP contribution in [0.1, 0.15) is 5.56 Å². The number of methoxy groups -OCH3 is 1. The van der Waals surface area contributed by atoms with Crippen LogP contribution in [0, 0.1) is 12.7 Å². The molecule has 0 spiro atoms. The van der Waals surface area contributed by atoms with Crippen LogP contribution >= 0.6 is 0 Å². The van der Waals surface area contributed by atoms with Crippen molar-refractivity contribution in [1.29, 1.82) is 0 Å². The summed E-state index contributed by atoms with van der Waals surface area (Å²) in [7, 11) is 3.36. The molecular weight excluding hydrogens is 245 g/mol.